The van der Waals surface area contributed by atoms with Crippen LogP contribution in [0.5, 0.6) is 0 Å². The number of rotatable bonds is 6. The molecule has 5 nitrogen and oxygen atoms in total. The molecule has 1 saturated carbocycles. The second-order valence-corrected chi connectivity index (χ2v) is 9.08. The Balaban J connectivity index is 1.85. The Morgan fingerprint density at radius 2 is 1.87 bits per heavy atom. The molecule has 7 heteroatoms. The van der Waals surface area contributed by atoms with Crippen molar-refractivity contribution in [3.63, 3.8) is 0 Å². The molecule has 3 atom stereocenters. The number of amides is 1. The smallest absolute Gasteiger partial charge is 0.306 e. The number of nitrogens with zero attached hydrogens (tertiary/aromatic N) is 1. The van der Waals surface area contributed by atoms with E-state index in [9.17, 15) is 14.7 Å². The van der Waals surface area contributed by atoms with Gasteiger partial charge < -0.3 is 14.7 Å². The third-order valence-corrected chi connectivity index (χ3v) is 6.36. The molecule has 4 rings (SSSR count). The number of carbonyl (C=O) groups is 2. The second kappa shape index (κ2) is 8.22. The molecule has 0 radical (unpaired) electrons. The highest BCUT2D eigenvalue weighted by atomic mass is 35.5. The zero-order valence-corrected chi connectivity index (χ0v) is 18.1. The van der Waals surface area contributed by atoms with Gasteiger partial charge in [-0.05, 0) is 61.1 Å². The summed E-state index contributed by atoms with van der Waals surface area (Å²) in [6, 6.07) is 14.2. The van der Waals surface area contributed by atoms with Gasteiger partial charge in [0.05, 0.1) is 12.5 Å². The van der Waals surface area contributed by atoms with E-state index in [-0.39, 0.29) is 12.3 Å². The molecular weight excluding hydrogens is 425 g/mol. The molecule has 1 amide bonds. The lowest BCUT2D eigenvalue weighted by atomic mass is 9.80. The molecule has 0 spiro atoms. The van der Waals surface area contributed by atoms with Crippen LogP contribution in [0, 0.1) is 5.92 Å². The standard InChI is InChI=1S/C23H23Cl2NO4/c1-23(16-3-2-4-18(25)11-16)21(15-7-9-17(24)10-8-15)26(13-14-5-6-14)22(29)19(30-23)12-20(27)28/h2-4,7-11,14,19,21H,5-6,12-13H2,1H3,(H,27,28)/t19-,21+,23-/m0/s1. The molecule has 1 heterocycles. The van der Waals surface area contributed by atoms with Crippen molar-refractivity contribution in [2.75, 3.05) is 6.54 Å². The summed E-state index contributed by atoms with van der Waals surface area (Å²) in [6.45, 7) is 2.47. The van der Waals surface area contributed by atoms with Crippen molar-refractivity contribution < 1.29 is 19.4 Å². The highest BCUT2D eigenvalue weighted by molar-refractivity contribution is 6.30. The Morgan fingerprint density at radius 1 is 1.17 bits per heavy atom. The third-order valence-electron chi connectivity index (χ3n) is 5.87. The van der Waals surface area contributed by atoms with Crippen molar-refractivity contribution >= 4 is 35.1 Å². The van der Waals surface area contributed by atoms with Gasteiger partial charge in [-0.25, -0.2) is 0 Å². The van der Waals surface area contributed by atoms with Gasteiger partial charge in [0.1, 0.15) is 11.7 Å². The lowest BCUT2D eigenvalue weighted by Gasteiger charge is -2.51. The lowest BCUT2D eigenvalue weighted by Crippen LogP contribution is -2.58. The number of morpholine rings is 1. The van der Waals surface area contributed by atoms with Crippen molar-refractivity contribution in [3.05, 3.63) is 69.7 Å². The van der Waals surface area contributed by atoms with Crippen LogP contribution in [0.15, 0.2) is 48.5 Å². The van der Waals surface area contributed by atoms with Gasteiger partial charge in [0.2, 0.25) is 0 Å². The largest absolute Gasteiger partial charge is 0.481 e. The van der Waals surface area contributed by atoms with Crippen LogP contribution in [0.2, 0.25) is 10.0 Å². The first-order valence-electron chi connectivity index (χ1n) is 9.99. The molecule has 1 aliphatic heterocycles. The van der Waals surface area contributed by atoms with Crippen LogP contribution >= 0.6 is 23.2 Å². The summed E-state index contributed by atoms with van der Waals surface area (Å²) in [4.78, 5) is 26.6. The average Bonchev–Trinajstić information content (AvgIpc) is 3.51. The van der Waals surface area contributed by atoms with Crippen LogP contribution in [0.4, 0.5) is 0 Å². The second-order valence-electron chi connectivity index (χ2n) is 8.21. The summed E-state index contributed by atoms with van der Waals surface area (Å²) in [5, 5.41) is 10.5. The van der Waals surface area contributed by atoms with Gasteiger partial charge in [0.15, 0.2) is 0 Å². The summed E-state index contributed by atoms with van der Waals surface area (Å²) >= 11 is 12.4. The Hall–Kier alpha value is -2.08. The summed E-state index contributed by atoms with van der Waals surface area (Å²) in [7, 11) is 0. The van der Waals surface area contributed by atoms with Crippen molar-refractivity contribution in [1.82, 2.24) is 4.90 Å². The Labute approximate surface area is 185 Å². The summed E-state index contributed by atoms with van der Waals surface area (Å²) in [5.41, 5.74) is 0.685. The minimum absolute atomic E-state index is 0.288. The predicted octanol–water partition coefficient (Wildman–Crippen LogP) is 5.06. The fourth-order valence-electron chi connectivity index (χ4n) is 4.25. The maximum absolute atomic E-state index is 13.3. The minimum Gasteiger partial charge on any atom is -0.481 e. The highest BCUT2D eigenvalue weighted by Gasteiger charge is 2.52. The molecular formula is C23H23Cl2NO4. The molecule has 30 heavy (non-hydrogen) atoms. The number of benzene rings is 2. The van der Waals surface area contributed by atoms with E-state index in [1.807, 2.05) is 37.3 Å². The Kier molecular flexibility index (Phi) is 5.80. The van der Waals surface area contributed by atoms with E-state index in [2.05, 4.69) is 0 Å². The SMILES string of the molecule is C[C@@]1(c2cccc(Cl)c2)O[C@@H](CC(=O)O)C(=O)N(CC2CC2)[C@@H]1c1ccc(Cl)cc1. The first-order chi connectivity index (χ1) is 14.3. The molecule has 1 saturated heterocycles. The quantitative estimate of drug-likeness (QED) is 0.671. The van der Waals surface area contributed by atoms with Gasteiger partial charge in [0.25, 0.3) is 5.91 Å². The van der Waals surface area contributed by atoms with Crippen LogP contribution < -0.4 is 0 Å². The fraction of sp³-hybridized carbons (Fsp3) is 0.391. The fourth-order valence-corrected chi connectivity index (χ4v) is 4.56. The van der Waals surface area contributed by atoms with Gasteiger partial charge >= 0.3 is 5.97 Å². The van der Waals surface area contributed by atoms with Crippen molar-refractivity contribution in [2.45, 2.75) is 43.9 Å². The topological polar surface area (TPSA) is 66.8 Å². The molecule has 2 aromatic carbocycles. The Bertz CT molecular complexity index is 960. The van der Waals surface area contributed by atoms with Gasteiger partial charge in [-0.3, -0.25) is 9.59 Å². The van der Waals surface area contributed by atoms with Gasteiger partial charge in [-0.2, -0.15) is 0 Å². The maximum atomic E-state index is 13.3. The lowest BCUT2D eigenvalue weighted by molar-refractivity contribution is -0.204. The maximum Gasteiger partial charge on any atom is 0.306 e. The van der Waals surface area contributed by atoms with E-state index in [1.54, 1.807) is 23.1 Å². The van der Waals surface area contributed by atoms with E-state index >= 15 is 0 Å². The summed E-state index contributed by atoms with van der Waals surface area (Å²) < 4.78 is 6.30. The van der Waals surface area contributed by atoms with E-state index in [4.69, 9.17) is 27.9 Å². The molecule has 2 aliphatic rings. The monoisotopic (exact) mass is 447 g/mol. The first kappa shape index (κ1) is 21.2. The van der Waals surface area contributed by atoms with Gasteiger partial charge in [-0.15, -0.1) is 0 Å². The zero-order chi connectivity index (χ0) is 21.5. The third kappa shape index (κ3) is 4.20. The molecule has 158 valence electrons. The van der Waals surface area contributed by atoms with Crippen molar-refractivity contribution in [2.24, 2.45) is 5.92 Å². The number of hydrogen-bond donors (Lipinski definition) is 1. The summed E-state index contributed by atoms with van der Waals surface area (Å²) in [6.07, 6.45) is 0.683. The van der Waals surface area contributed by atoms with Gasteiger partial charge in [-0.1, -0.05) is 47.5 Å². The van der Waals surface area contributed by atoms with Crippen LogP contribution in [0.3, 0.4) is 0 Å². The number of carboxylic acid groups (broad SMARTS) is 1. The normalized spacial score (nSPS) is 26.6. The van der Waals surface area contributed by atoms with E-state index in [1.165, 1.54) is 0 Å². The van der Waals surface area contributed by atoms with E-state index in [0.717, 1.165) is 24.0 Å². The number of carbonyl (C=O) groups excluding carboxylic acids is 1. The number of halogens is 2. The number of ether oxygens (including phenoxy) is 1. The molecule has 1 aliphatic carbocycles. The number of hydrogen-bond acceptors (Lipinski definition) is 3. The number of aliphatic carboxylic acids is 1. The molecule has 0 bridgehead atoms. The van der Waals surface area contributed by atoms with Gasteiger partial charge in [0, 0.05) is 16.6 Å². The minimum atomic E-state index is -1.07. The molecule has 2 aromatic rings. The zero-order valence-electron chi connectivity index (χ0n) is 16.6. The van der Waals surface area contributed by atoms with E-state index in [0.29, 0.717) is 22.5 Å². The average molecular weight is 448 g/mol. The van der Waals surface area contributed by atoms with Crippen LogP contribution in [0.1, 0.15) is 43.4 Å². The predicted molar refractivity (Wildman–Crippen MR) is 115 cm³/mol. The van der Waals surface area contributed by atoms with Crippen molar-refractivity contribution in [1.29, 1.82) is 0 Å². The molecule has 0 unspecified atom stereocenters. The highest BCUT2D eigenvalue weighted by Crippen LogP contribution is 2.49. The van der Waals surface area contributed by atoms with Crippen LogP contribution in [0.25, 0.3) is 0 Å². The van der Waals surface area contributed by atoms with Crippen LogP contribution in [-0.4, -0.2) is 34.5 Å². The van der Waals surface area contributed by atoms with Crippen LogP contribution in [-0.2, 0) is 19.9 Å². The number of carboxylic acids is 1. The molecule has 2 fully saturated rings. The molecule has 0 aromatic heterocycles. The van der Waals surface area contributed by atoms with E-state index < -0.39 is 23.7 Å². The first-order valence-corrected chi connectivity index (χ1v) is 10.7. The molecule has 1 N–H and O–H groups in total. The Morgan fingerprint density at radius 3 is 2.47 bits per heavy atom. The summed E-state index contributed by atoms with van der Waals surface area (Å²) in [5.74, 6) is -0.933. The van der Waals surface area contributed by atoms with Crippen molar-refractivity contribution in [3.8, 4) is 0 Å².